The fourth-order valence-electron chi connectivity index (χ4n) is 2.91. The highest BCUT2D eigenvalue weighted by Crippen LogP contribution is 2.32. The Bertz CT molecular complexity index is 1070. The van der Waals surface area contributed by atoms with Crippen LogP contribution >= 0.6 is 23.1 Å². The van der Waals surface area contributed by atoms with E-state index in [0.29, 0.717) is 11.7 Å². The van der Waals surface area contributed by atoms with Gasteiger partial charge in [-0.25, -0.2) is 0 Å². The Balaban J connectivity index is 1.45. The smallest absolute Gasteiger partial charge is 0.206 e. The van der Waals surface area contributed by atoms with Crippen LogP contribution in [0.25, 0.3) is 10.9 Å². The first-order valence-corrected chi connectivity index (χ1v) is 10.2. The first-order valence-electron chi connectivity index (χ1n) is 8.50. The molecule has 1 unspecified atom stereocenters. The third-order valence-electron chi connectivity index (χ3n) is 4.19. The van der Waals surface area contributed by atoms with Crippen molar-refractivity contribution in [2.75, 3.05) is 5.32 Å². The Morgan fingerprint density at radius 2 is 2.15 bits per heavy atom. The second kappa shape index (κ2) is 7.58. The molecule has 0 saturated heterocycles. The van der Waals surface area contributed by atoms with Crippen LogP contribution < -0.4 is 5.32 Å². The number of Topliss-reactive ketones (excluding diaryl/α,β-unsaturated/α-hetero) is 1. The van der Waals surface area contributed by atoms with Gasteiger partial charge in [0.05, 0.1) is 18.1 Å². The maximum Gasteiger partial charge on any atom is 0.206 e. The molecule has 2 N–H and O–H groups in total. The number of anilines is 1. The van der Waals surface area contributed by atoms with E-state index in [0.717, 1.165) is 32.3 Å². The van der Waals surface area contributed by atoms with Crippen molar-refractivity contribution in [2.45, 2.75) is 30.0 Å². The van der Waals surface area contributed by atoms with E-state index in [9.17, 15) is 4.79 Å². The van der Waals surface area contributed by atoms with Gasteiger partial charge in [0.25, 0.3) is 0 Å². The zero-order valence-electron chi connectivity index (χ0n) is 14.9. The minimum Gasteiger partial charge on any atom is -0.467 e. The van der Waals surface area contributed by atoms with Crippen molar-refractivity contribution in [3.8, 4) is 0 Å². The highest BCUT2D eigenvalue weighted by atomic mass is 32.2. The Morgan fingerprint density at radius 1 is 1.30 bits per heavy atom. The molecular weight excluding hydrogens is 380 g/mol. The largest absolute Gasteiger partial charge is 0.467 e. The molecule has 8 heteroatoms. The number of H-pyrrole nitrogens is 1. The Hall–Kier alpha value is -2.58. The number of thioether (sulfide) groups is 1. The minimum absolute atomic E-state index is 0.0928. The van der Waals surface area contributed by atoms with E-state index in [1.807, 2.05) is 50.2 Å². The number of aromatic amines is 1. The molecule has 3 aromatic heterocycles. The molecule has 0 spiro atoms. The molecule has 138 valence electrons. The lowest BCUT2D eigenvalue weighted by Gasteiger charge is -2.08. The van der Waals surface area contributed by atoms with E-state index >= 15 is 0 Å². The maximum atomic E-state index is 13.0. The predicted molar refractivity (Wildman–Crippen MR) is 109 cm³/mol. The quantitative estimate of drug-likeness (QED) is 0.340. The molecule has 6 nitrogen and oxygen atoms in total. The summed E-state index contributed by atoms with van der Waals surface area (Å²) in [4.78, 5) is 16.3. The van der Waals surface area contributed by atoms with Crippen LogP contribution in [0, 0.1) is 6.92 Å². The summed E-state index contributed by atoms with van der Waals surface area (Å²) in [6.07, 6.45) is 1.64. The SMILES string of the molecule is Cc1[nH]c2ccccc2c1C(=O)C(C)Sc1nnc(NCc2ccco2)s1. The Kier molecular flexibility index (Phi) is 5.00. The fraction of sp³-hybridized carbons (Fsp3) is 0.211. The summed E-state index contributed by atoms with van der Waals surface area (Å²) in [6.45, 7) is 4.40. The van der Waals surface area contributed by atoms with Gasteiger partial charge in [-0.15, -0.1) is 10.2 Å². The summed E-state index contributed by atoms with van der Waals surface area (Å²) in [6, 6.07) is 11.6. The van der Waals surface area contributed by atoms with Crippen LogP contribution in [0.1, 0.15) is 28.7 Å². The molecule has 0 aliphatic heterocycles. The Labute approximate surface area is 164 Å². The van der Waals surface area contributed by atoms with Crippen LogP contribution in [-0.4, -0.2) is 26.2 Å². The molecule has 4 aromatic rings. The van der Waals surface area contributed by atoms with E-state index in [1.54, 1.807) is 6.26 Å². The fourth-order valence-corrected chi connectivity index (χ4v) is 4.86. The van der Waals surface area contributed by atoms with Crippen molar-refractivity contribution < 1.29 is 9.21 Å². The number of benzene rings is 1. The summed E-state index contributed by atoms with van der Waals surface area (Å²) < 4.78 is 6.05. The topological polar surface area (TPSA) is 83.8 Å². The number of hydrogen-bond donors (Lipinski definition) is 2. The molecule has 0 radical (unpaired) electrons. The monoisotopic (exact) mass is 398 g/mol. The number of ketones is 1. The molecule has 27 heavy (non-hydrogen) atoms. The molecule has 0 fully saturated rings. The van der Waals surface area contributed by atoms with Gasteiger partial charge >= 0.3 is 0 Å². The van der Waals surface area contributed by atoms with Crippen LogP contribution in [0.4, 0.5) is 5.13 Å². The second-order valence-corrected chi connectivity index (χ2v) is 8.67. The summed E-state index contributed by atoms with van der Waals surface area (Å²) in [5.74, 6) is 0.924. The molecule has 0 bridgehead atoms. The van der Waals surface area contributed by atoms with Gasteiger partial charge in [0.1, 0.15) is 5.76 Å². The van der Waals surface area contributed by atoms with Crippen molar-refractivity contribution in [1.29, 1.82) is 0 Å². The molecule has 0 aliphatic carbocycles. The highest BCUT2D eigenvalue weighted by molar-refractivity contribution is 8.02. The number of fused-ring (bicyclic) bond motifs is 1. The summed E-state index contributed by atoms with van der Waals surface area (Å²) >= 11 is 2.86. The zero-order chi connectivity index (χ0) is 18.8. The lowest BCUT2D eigenvalue weighted by molar-refractivity contribution is 0.0995. The summed E-state index contributed by atoms with van der Waals surface area (Å²) in [7, 11) is 0. The summed E-state index contributed by atoms with van der Waals surface area (Å²) in [5, 5.41) is 12.9. The number of aromatic nitrogens is 3. The molecule has 0 aliphatic rings. The number of rotatable bonds is 7. The van der Waals surface area contributed by atoms with Crippen LogP contribution in [-0.2, 0) is 6.54 Å². The van der Waals surface area contributed by atoms with Crippen molar-refractivity contribution >= 4 is 44.9 Å². The molecule has 4 rings (SSSR count). The van der Waals surface area contributed by atoms with Crippen molar-refractivity contribution in [1.82, 2.24) is 15.2 Å². The number of nitrogens with zero attached hydrogens (tertiary/aromatic N) is 2. The number of aryl methyl sites for hydroxylation is 1. The normalized spacial score (nSPS) is 12.4. The average Bonchev–Trinajstić information content (AvgIpc) is 3.38. The standard InChI is InChI=1S/C19H18N4O2S2/c1-11-16(14-7-3-4-8-15(14)21-11)17(24)12(2)26-19-23-22-18(27-19)20-10-13-6-5-9-25-13/h3-9,12,21H,10H2,1-2H3,(H,20,22). The summed E-state index contributed by atoms with van der Waals surface area (Å²) in [5.41, 5.74) is 2.63. The second-order valence-electron chi connectivity index (χ2n) is 6.10. The average molecular weight is 399 g/mol. The van der Waals surface area contributed by atoms with E-state index < -0.39 is 0 Å². The lowest BCUT2D eigenvalue weighted by Crippen LogP contribution is -2.14. The van der Waals surface area contributed by atoms with E-state index in [-0.39, 0.29) is 11.0 Å². The van der Waals surface area contributed by atoms with Crippen LogP contribution in [0.5, 0.6) is 0 Å². The number of hydrogen-bond acceptors (Lipinski definition) is 7. The van der Waals surface area contributed by atoms with Gasteiger partial charge in [0, 0.05) is 22.2 Å². The zero-order valence-corrected chi connectivity index (χ0v) is 16.5. The minimum atomic E-state index is -0.256. The van der Waals surface area contributed by atoms with Gasteiger partial charge in [-0.05, 0) is 32.0 Å². The Morgan fingerprint density at radius 3 is 2.96 bits per heavy atom. The van der Waals surface area contributed by atoms with E-state index in [2.05, 4.69) is 20.5 Å². The van der Waals surface area contributed by atoms with Crippen molar-refractivity contribution in [3.05, 3.63) is 59.7 Å². The van der Waals surface area contributed by atoms with E-state index in [4.69, 9.17) is 4.42 Å². The van der Waals surface area contributed by atoms with Gasteiger partial charge in [-0.1, -0.05) is 41.3 Å². The molecule has 1 aromatic carbocycles. The number of furan rings is 1. The number of para-hydroxylation sites is 1. The third kappa shape index (κ3) is 3.77. The molecule has 0 saturated carbocycles. The molecule has 3 heterocycles. The van der Waals surface area contributed by atoms with Crippen LogP contribution in [0.2, 0.25) is 0 Å². The van der Waals surface area contributed by atoms with Crippen LogP contribution in [0.15, 0.2) is 51.4 Å². The van der Waals surface area contributed by atoms with Gasteiger partial charge in [-0.2, -0.15) is 0 Å². The van der Waals surface area contributed by atoms with Gasteiger partial charge in [0.2, 0.25) is 5.13 Å². The molecule has 1 atom stereocenters. The number of carbonyl (C=O) groups is 1. The molecule has 0 amide bonds. The third-order valence-corrected chi connectivity index (χ3v) is 6.25. The molecular formula is C19H18N4O2S2. The van der Waals surface area contributed by atoms with Crippen LogP contribution in [0.3, 0.4) is 0 Å². The number of nitrogens with one attached hydrogen (secondary N) is 2. The van der Waals surface area contributed by atoms with E-state index in [1.165, 1.54) is 23.1 Å². The lowest BCUT2D eigenvalue weighted by atomic mass is 10.1. The maximum absolute atomic E-state index is 13.0. The van der Waals surface area contributed by atoms with Crippen molar-refractivity contribution in [2.24, 2.45) is 0 Å². The first-order chi connectivity index (χ1) is 13.1. The van der Waals surface area contributed by atoms with Gasteiger partial charge in [0.15, 0.2) is 10.1 Å². The van der Waals surface area contributed by atoms with Crippen molar-refractivity contribution in [3.63, 3.8) is 0 Å². The van der Waals surface area contributed by atoms with Gasteiger partial charge in [-0.3, -0.25) is 4.79 Å². The predicted octanol–water partition coefficient (Wildman–Crippen LogP) is 4.90. The van der Waals surface area contributed by atoms with Gasteiger partial charge < -0.3 is 14.7 Å². The highest BCUT2D eigenvalue weighted by Gasteiger charge is 2.23. The number of carbonyl (C=O) groups excluding carboxylic acids is 1. The first kappa shape index (κ1) is 17.8.